The van der Waals surface area contributed by atoms with Crippen LogP contribution in [-0.2, 0) is 4.74 Å². The number of hydrogen-bond acceptors (Lipinski definition) is 2. The molecule has 0 atom stereocenters. The predicted molar refractivity (Wildman–Crippen MR) is 64.6 cm³/mol. The lowest BCUT2D eigenvalue weighted by molar-refractivity contribution is 0.0525. The largest absolute Gasteiger partial charge is 0.462 e. The molecule has 0 aliphatic heterocycles. The Balaban J connectivity index is 3.13. The van der Waals surface area contributed by atoms with Crippen LogP contribution in [-0.4, -0.2) is 12.6 Å². The van der Waals surface area contributed by atoms with E-state index in [-0.39, 0.29) is 5.97 Å². The van der Waals surface area contributed by atoms with Crippen LogP contribution >= 0.6 is 22.6 Å². The van der Waals surface area contributed by atoms with E-state index in [1.165, 1.54) is 0 Å². The summed E-state index contributed by atoms with van der Waals surface area (Å²) in [5, 5.41) is 0. The van der Waals surface area contributed by atoms with Gasteiger partial charge in [0.2, 0.25) is 0 Å². The number of benzene rings is 1. The summed E-state index contributed by atoms with van der Waals surface area (Å²) in [6.07, 6.45) is 0. The van der Waals surface area contributed by atoms with Crippen molar-refractivity contribution in [2.75, 3.05) is 6.61 Å². The Morgan fingerprint density at radius 2 is 2.07 bits per heavy atom. The maximum Gasteiger partial charge on any atom is 0.338 e. The lowest BCUT2D eigenvalue weighted by Gasteiger charge is -2.08. The van der Waals surface area contributed by atoms with Gasteiger partial charge in [-0.1, -0.05) is 0 Å². The van der Waals surface area contributed by atoms with E-state index in [0.717, 1.165) is 14.7 Å². The Morgan fingerprint density at radius 3 is 2.64 bits per heavy atom. The quantitative estimate of drug-likeness (QED) is 0.620. The zero-order chi connectivity index (χ0) is 10.7. The zero-order valence-electron chi connectivity index (χ0n) is 8.56. The molecule has 0 unspecified atom stereocenters. The minimum atomic E-state index is -0.230. The highest BCUT2D eigenvalue weighted by atomic mass is 127. The average molecular weight is 304 g/mol. The molecule has 0 N–H and O–H groups in total. The number of halogens is 1. The first-order valence-corrected chi connectivity index (χ1v) is 5.58. The lowest BCUT2D eigenvalue weighted by Crippen LogP contribution is -2.08. The Kier molecular flexibility index (Phi) is 3.92. The van der Waals surface area contributed by atoms with Crippen LogP contribution in [0.3, 0.4) is 0 Å². The summed E-state index contributed by atoms with van der Waals surface area (Å²) in [6.45, 7) is 6.18. The van der Waals surface area contributed by atoms with Crippen molar-refractivity contribution >= 4 is 28.6 Å². The van der Waals surface area contributed by atoms with Crippen molar-refractivity contribution < 1.29 is 9.53 Å². The number of ether oxygens (including phenoxy) is 1. The van der Waals surface area contributed by atoms with Crippen LogP contribution in [0.4, 0.5) is 0 Å². The summed E-state index contributed by atoms with van der Waals surface area (Å²) in [7, 11) is 0. The maximum absolute atomic E-state index is 11.5. The van der Waals surface area contributed by atoms with E-state index in [2.05, 4.69) is 28.7 Å². The van der Waals surface area contributed by atoms with Crippen LogP contribution in [0.5, 0.6) is 0 Å². The fourth-order valence-corrected chi connectivity index (χ4v) is 2.01. The van der Waals surface area contributed by atoms with Gasteiger partial charge in [0, 0.05) is 3.57 Å². The highest BCUT2D eigenvalue weighted by molar-refractivity contribution is 14.1. The first kappa shape index (κ1) is 11.5. The van der Waals surface area contributed by atoms with Gasteiger partial charge in [-0.2, -0.15) is 0 Å². The zero-order valence-corrected chi connectivity index (χ0v) is 10.7. The average Bonchev–Trinajstić information content (AvgIpc) is 2.11. The molecule has 0 bridgehead atoms. The molecule has 0 heterocycles. The summed E-state index contributed by atoms with van der Waals surface area (Å²) in [6, 6.07) is 3.92. The van der Waals surface area contributed by atoms with Gasteiger partial charge in [0.15, 0.2) is 0 Å². The first-order chi connectivity index (χ1) is 6.56. The van der Waals surface area contributed by atoms with Crippen molar-refractivity contribution in [3.63, 3.8) is 0 Å². The topological polar surface area (TPSA) is 26.3 Å². The SMILES string of the molecule is CCOC(=O)c1cc(I)cc(C)c1C. The Hall–Kier alpha value is -0.580. The van der Waals surface area contributed by atoms with Crippen molar-refractivity contribution in [1.29, 1.82) is 0 Å². The van der Waals surface area contributed by atoms with Crippen molar-refractivity contribution in [3.8, 4) is 0 Å². The van der Waals surface area contributed by atoms with Gasteiger partial charge >= 0.3 is 5.97 Å². The van der Waals surface area contributed by atoms with Crippen LogP contribution in [0.25, 0.3) is 0 Å². The number of hydrogen-bond donors (Lipinski definition) is 0. The Morgan fingerprint density at radius 1 is 1.43 bits per heavy atom. The third kappa shape index (κ3) is 2.47. The molecule has 1 aromatic carbocycles. The van der Waals surface area contributed by atoms with Crippen LogP contribution in [0.2, 0.25) is 0 Å². The smallest absolute Gasteiger partial charge is 0.338 e. The van der Waals surface area contributed by atoms with E-state index in [1.54, 1.807) is 0 Å². The Bertz CT molecular complexity index is 359. The van der Waals surface area contributed by atoms with Crippen LogP contribution in [0, 0.1) is 17.4 Å². The molecular weight excluding hydrogens is 291 g/mol. The maximum atomic E-state index is 11.5. The standard InChI is InChI=1S/C11H13IO2/c1-4-14-11(13)10-6-9(12)5-7(2)8(10)3/h5-6H,4H2,1-3H3. The monoisotopic (exact) mass is 304 g/mol. The van der Waals surface area contributed by atoms with E-state index in [0.29, 0.717) is 12.2 Å². The van der Waals surface area contributed by atoms with Crippen molar-refractivity contribution in [1.82, 2.24) is 0 Å². The molecule has 76 valence electrons. The van der Waals surface area contributed by atoms with Gasteiger partial charge in [-0.15, -0.1) is 0 Å². The van der Waals surface area contributed by atoms with E-state index >= 15 is 0 Å². The number of carbonyl (C=O) groups is 1. The normalized spacial score (nSPS) is 10.0. The van der Waals surface area contributed by atoms with Gasteiger partial charge in [0.05, 0.1) is 12.2 Å². The van der Waals surface area contributed by atoms with Gasteiger partial charge < -0.3 is 4.74 Å². The molecule has 0 saturated heterocycles. The molecule has 0 spiro atoms. The van der Waals surface area contributed by atoms with Crippen molar-refractivity contribution in [2.45, 2.75) is 20.8 Å². The van der Waals surface area contributed by atoms with Gasteiger partial charge in [0.1, 0.15) is 0 Å². The summed E-state index contributed by atoms with van der Waals surface area (Å²) in [5.74, 6) is -0.230. The number of esters is 1. The van der Waals surface area contributed by atoms with Gasteiger partial charge in [-0.25, -0.2) is 4.79 Å². The third-order valence-corrected chi connectivity index (χ3v) is 2.75. The van der Waals surface area contributed by atoms with Crippen molar-refractivity contribution in [2.24, 2.45) is 0 Å². The van der Waals surface area contributed by atoms with Crippen LogP contribution in [0.15, 0.2) is 12.1 Å². The second-order valence-corrected chi connectivity index (χ2v) is 4.36. The van der Waals surface area contributed by atoms with E-state index in [1.807, 2.05) is 26.8 Å². The van der Waals surface area contributed by atoms with Gasteiger partial charge in [-0.05, 0) is 66.6 Å². The molecule has 0 amide bonds. The fraction of sp³-hybridized carbons (Fsp3) is 0.364. The minimum absolute atomic E-state index is 0.230. The summed E-state index contributed by atoms with van der Waals surface area (Å²) < 4.78 is 6.04. The molecular formula is C11H13IO2. The Labute approximate surface area is 97.8 Å². The van der Waals surface area contributed by atoms with Crippen molar-refractivity contribution in [3.05, 3.63) is 32.4 Å². The minimum Gasteiger partial charge on any atom is -0.462 e. The second kappa shape index (κ2) is 4.77. The molecule has 0 aliphatic rings. The highest BCUT2D eigenvalue weighted by Crippen LogP contribution is 2.18. The third-order valence-electron chi connectivity index (χ3n) is 2.13. The van der Waals surface area contributed by atoms with E-state index in [9.17, 15) is 4.79 Å². The summed E-state index contributed by atoms with van der Waals surface area (Å²) in [4.78, 5) is 11.5. The molecule has 3 heteroatoms. The fourth-order valence-electron chi connectivity index (χ4n) is 1.24. The molecule has 0 aliphatic carbocycles. The molecule has 0 radical (unpaired) electrons. The summed E-state index contributed by atoms with van der Waals surface area (Å²) in [5.41, 5.74) is 2.81. The first-order valence-electron chi connectivity index (χ1n) is 4.50. The molecule has 0 aromatic heterocycles. The summed E-state index contributed by atoms with van der Waals surface area (Å²) >= 11 is 2.20. The van der Waals surface area contributed by atoms with E-state index < -0.39 is 0 Å². The molecule has 1 rings (SSSR count). The van der Waals surface area contributed by atoms with E-state index in [4.69, 9.17) is 4.74 Å². The highest BCUT2D eigenvalue weighted by Gasteiger charge is 2.12. The number of aryl methyl sites for hydroxylation is 1. The molecule has 1 aromatic rings. The van der Waals surface area contributed by atoms with Crippen LogP contribution in [0.1, 0.15) is 28.4 Å². The molecule has 0 saturated carbocycles. The predicted octanol–water partition coefficient (Wildman–Crippen LogP) is 3.08. The molecule has 2 nitrogen and oxygen atoms in total. The molecule has 14 heavy (non-hydrogen) atoms. The molecule has 0 fully saturated rings. The van der Waals surface area contributed by atoms with Gasteiger partial charge in [-0.3, -0.25) is 0 Å². The second-order valence-electron chi connectivity index (χ2n) is 3.12. The number of rotatable bonds is 2. The van der Waals surface area contributed by atoms with Gasteiger partial charge in [0.25, 0.3) is 0 Å². The number of carbonyl (C=O) groups excluding carboxylic acids is 1. The lowest BCUT2D eigenvalue weighted by atomic mass is 10.0. The van der Waals surface area contributed by atoms with Crippen LogP contribution < -0.4 is 0 Å².